The third-order valence-corrected chi connectivity index (χ3v) is 2.05. The van der Waals surface area contributed by atoms with Crippen LogP contribution in [-0.4, -0.2) is 4.98 Å². The Balaban J connectivity index is 2.23. The standard InChI is InChI=1S/C11H8ClN3/c12-10-7-4-8-13-11(10)15-14-9-5-2-1-3-6-9/h1-8H. The molecule has 15 heavy (non-hydrogen) atoms. The average molecular weight is 218 g/mol. The lowest BCUT2D eigenvalue weighted by molar-refractivity contribution is 1.15. The summed E-state index contributed by atoms with van der Waals surface area (Å²) in [5.74, 6) is 0.433. The maximum absolute atomic E-state index is 5.87. The van der Waals surface area contributed by atoms with Crippen molar-refractivity contribution in [3.05, 3.63) is 53.7 Å². The zero-order chi connectivity index (χ0) is 10.5. The van der Waals surface area contributed by atoms with Crippen LogP contribution in [0.2, 0.25) is 5.02 Å². The van der Waals surface area contributed by atoms with Crippen molar-refractivity contribution in [2.24, 2.45) is 10.2 Å². The highest BCUT2D eigenvalue weighted by Crippen LogP contribution is 2.23. The van der Waals surface area contributed by atoms with Gasteiger partial charge in [0.15, 0.2) is 5.82 Å². The summed E-state index contributed by atoms with van der Waals surface area (Å²) in [5.41, 5.74) is 0.777. The Morgan fingerprint density at radius 2 is 1.73 bits per heavy atom. The molecule has 3 nitrogen and oxygen atoms in total. The van der Waals surface area contributed by atoms with Gasteiger partial charge in [0.2, 0.25) is 0 Å². The first-order valence-electron chi connectivity index (χ1n) is 4.43. The highest BCUT2D eigenvalue weighted by molar-refractivity contribution is 6.32. The predicted octanol–water partition coefficient (Wildman–Crippen LogP) is 4.15. The van der Waals surface area contributed by atoms with Gasteiger partial charge in [-0.05, 0) is 24.3 Å². The molecule has 0 fully saturated rings. The van der Waals surface area contributed by atoms with Crippen LogP contribution in [0.25, 0.3) is 0 Å². The minimum absolute atomic E-state index is 0.433. The topological polar surface area (TPSA) is 37.6 Å². The molecule has 0 saturated heterocycles. The second-order valence-corrected chi connectivity index (χ2v) is 3.25. The number of aromatic nitrogens is 1. The van der Waals surface area contributed by atoms with Crippen LogP contribution >= 0.6 is 11.6 Å². The number of hydrogen-bond donors (Lipinski definition) is 0. The Bertz CT molecular complexity index is 468. The molecule has 0 aliphatic heterocycles. The van der Waals surface area contributed by atoms with Gasteiger partial charge in [-0.3, -0.25) is 0 Å². The smallest absolute Gasteiger partial charge is 0.193 e. The lowest BCUT2D eigenvalue weighted by atomic mass is 10.3. The molecule has 0 amide bonds. The van der Waals surface area contributed by atoms with Crippen LogP contribution < -0.4 is 0 Å². The van der Waals surface area contributed by atoms with Gasteiger partial charge in [0.1, 0.15) is 0 Å². The summed E-state index contributed by atoms with van der Waals surface area (Å²) in [7, 11) is 0. The van der Waals surface area contributed by atoms with Crippen molar-refractivity contribution in [1.29, 1.82) is 0 Å². The molecule has 0 spiro atoms. The molecule has 4 heteroatoms. The number of pyridine rings is 1. The molecule has 0 aliphatic carbocycles. The fraction of sp³-hybridized carbons (Fsp3) is 0. The summed E-state index contributed by atoms with van der Waals surface area (Å²) in [6.07, 6.45) is 1.63. The molecule has 0 unspecified atom stereocenters. The first-order valence-corrected chi connectivity index (χ1v) is 4.81. The van der Waals surface area contributed by atoms with E-state index in [1.807, 2.05) is 30.3 Å². The van der Waals surface area contributed by atoms with E-state index in [-0.39, 0.29) is 0 Å². The number of halogens is 1. The highest BCUT2D eigenvalue weighted by Gasteiger charge is 1.96. The molecule has 1 aromatic heterocycles. The molecular weight excluding hydrogens is 210 g/mol. The van der Waals surface area contributed by atoms with Gasteiger partial charge in [0, 0.05) is 6.20 Å². The minimum atomic E-state index is 0.433. The SMILES string of the molecule is Clc1cccnc1N=Nc1ccccc1. The normalized spacial score (nSPS) is 10.7. The number of benzene rings is 1. The number of hydrogen-bond acceptors (Lipinski definition) is 3. The van der Waals surface area contributed by atoms with Crippen LogP contribution in [0.3, 0.4) is 0 Å². The van der Waals surface area contributed by atoms with Gasteiger partial charge in [0.05, 0.1) is 10.7 Å². The van der Waals surface area contributed by atoms with E-state index in [2.05, 4.69) is 15.2 Å². The minimum Gasteiger partial charge on any atom is -0.234 e. The number of rotatable bonds is 2. The summed E-state index contributed by atoms with van der Waals surface area (Å²) in [5, 5.41) is 8.47. The highest BCUT2D eigenvalue weighted by atomic mass is 35.5. The molecular formula is C11H8ClN3. The van der Waals surface area contributed by atoms with Crippen LogP contribution in [0.5, 0.6) is 0 Å². The van der Waals surface area contributed by atoms with Crippen LogP contribution in [0, 0.1) is 0 Å². The molecule has 0 saturated carbocycles. The van der Waals surface area contributed by atoms with Crippen molar-refractivity contribution in [1.82, 2.24) is 4.98 Å². The van der Waals surface area contributed by atoms with Crippen LogP contribution in [-0.2, 0) is 0 Å². The Hall–Kier alpha value is -1.74. The zero-order valence-electron chi connectivity index (χ0n) is 7.84. The molecule has 1 aromatic carbocycles. The molecule has 2 aromatic rings. The monoisotopic (exact) mass is 217 g/mol. The molecule has 74 valence electrons. The van der Waals surface area contributed by atoms with Crippen molar-refractivity contribution in [3.63, 3.8) is 0 Å². The van der Waals surface area contributed by atoms with Gasteiger partial charge < -0.3 is 0 Å². The molecule has 0 N–H and O–H groups in total. The molecule has 0 aliphatic rings. The lowest BCUT2D eigenvalue weighted by Crippen LogP contribution is -1.72. The maximum Gasteiger partial charge on any atom is 0.193 e. The number of azo groups is 1. The van der Waals surface area contributed by atoms with E-state index in [4.69, 9.17) is 11.6 Å². The van der Waals surface area contributed by atoms with E-state index < -0.39 is 0 Å². The zero-order valence-corrected chi connectivity index (χ0v) is 8.59. The fourth-order valence-electron chi connectivity index (χ4n) is 1.05. The third kappa shape index (κ3) is 2.60. The van der Waals surface area contributed by atoms with E-state index in [1.165, 1.54) is 0 Å². The van der Waals surface area contributed by atoms with E-state index >= 15 is 0 Å². The van der Waals surface area contributed by atoms with Gasteiger partial charge in [-0.2, -0.15) is 0 Å². The van der Waals surface area contributed by atoms with Gasteiger partial charge in [0.25, 0.3) is 0 Å². The average Bonchev–Trinajstić information content (AvgIpc) is 2.29. The molecule has 0 radical (unpaired) electrons. The largest absolute Gasteiger partial charge is 0.234 e. The van der Waals surface area contributed by atoms with Crippen LogP contribution in [0.1, 0.15) is 0 Å². The van der Waals surface area contributed by atoms with Crippen molar-refractivity contribution < 1.29 is 0 Å². The second-order valence-electron chi connectivity index (χ2n) is 2.84. The van der Waals surface area contributed by atoms with E-state index in [9.17, 15) is 0 Å². The Kier molecular flexibility index (Phi) is 3.05. The number of nitrogens with zero attached hydrogens (tertiary/aromatic N) is 3. The maximum atomic E-state index is 5.87. The van der Waals surface area contributed by atoms with Gasteiger partial charge >= 0.3 is 0 Å². The summed E-state index contributed by atoms with van der Waals surface area (Å²) in [6.45, 7) is 0. The lowest BCUT2D eigenvalue weighted by Gasteiger charge is -1.93. The van der Waals surface area contributed by atoms with Crippen molar-refractivity contribution in [2.45, 2.75) is 0 Å². The Labute approximate surface area is 92.5 Å². The predicted molar refractivity (Wildman–Crippen MR) is 59.9 cm³/mol. The van der Waals surface area contributed by atoms with Crippen LogP contribution in [0.15, 0.2) is 58.9 Å². The molecule has 0 atom stereocenters. The van der Waals surface area contributed by atoms with E-state index in [0.29, 0.717) is 10.8 Å². The fourth-order valence-corrected chi connectivity index (χ4v) is 1.21. The van der Waals surface area contributed by atoms with Crippen LogP contribution in [0.4, 0.5) is 11.5 Å². The first-order chi connectivity index (χ1) is 7.36. The summed E-state index contributed by atoms with van der Waals surface area (Å²) >= 11 is 5.87. The Morgan fingerprint density at radius 3 is 2.47 bits per heavy atom. The quantitative estimate of drug-likeness (QED) is 0.697. The van der Waals surface area contributed by atoms with Crippen molar-refractivity contribution in [2.75, 3.05) is 0 Å². The summed E-state index contributed by atoms with van der Waals surface area (Å²) in [6, 6.07) is 12.9. The Morgan fingerprint density at radius 1 is 0.933 bits per heavy atom. The van der Waals surface area contributed by atoms with Crippen molar-refractivity contribution in [3.8, 4) is 0 Å². The summed E-state index contributed by atoms with van der Waals surface area (Å²) in [4.78, 5) is 4.00. The van der Waals surface area contributed by atoms with E-state index in [0.717, 1.165) is 5.69 Å². The molecule has 2 rings (SSSR count). The first kappa shape index (κ1) is 9.80. The van der Waals surface area contributed by atoms with Crippen molar-refractivity contribution >= 4 is 23.1 Å². The third-order valence-electron chi connectivity index (χ3n) is 1.76. The van der Waals surface area contributed by atoms with E-state index in [1.54, 1.807) is 18.3 Å². The molecule has 1 heterocycles. The second kappa shape index (κ2) is 4.66. The van der Waals surface area contributed by atoms with Gasteiger partial charge in [-0.25, -0.2) is 4.98 Å². The van der Waals surface area contributed by atoms with Gasteiger partial charge in [-0.15, -0.1) is 10.2 Å². The summed E-state index contributed by atoms with van der Waals surface area (Å²) < 4.78 is 0. The van der Waals surface area contributed by atoms with Gasteiger partial charge in [-0.1, -0.05) is 29.8 Å². The molecule has 0 bridgehead atoms.